The molecule has 0 radical (unpaired) electrons. The lowest BCUT2D eigenvalue weighted by Crippen LogP contribution is -2.51. The van der Waals surface area contributed by atoms with Crippen molar-refractivity contribution in [2.45, 2.75) is 31.2 Å². The molecule has 2 aliphatic rings. The molecule has 0 saturated carbocycles. The van der Waals surface area contributed by atoms with Gasteiger partial charge in [0.05, 0.1) is 0 Å². The molecule has 0 atom stereocenters. The molecule has 2 rings (SSSR count). The zero-order chi connectivity index (χ0) is 11.1. The van der Waals surface area contributed by atoms with Gasteiger partial charge < -0.3 is 4.90 Å². The molecule has 4 nitrogen and oxygen atoms in total. The molecular formula is C9H17ClN2O2S. The Morgan fingerprint density at radius 2 is 1.73 bits per heavy atom. The zero-order valence-corrected chi connectivity index (χ0v) is 10.5. The van der Waals surface area contributed by atoms with Crippen LogP contribution in [-0.4, -0.2) is 49.8 Å². The van der Waals surface area contributed by atoms with Crippen LogP contribution in [0.1, 0.15) is 25.7 Å². The monoisotopic (exact) mass is 252 g/mol. The van der Waals surface area contributed by atoms with Crippen LogP contribution in [0, 0.1) is 0 Å². The summed E-state index contributed by atoms with van der Waals surface area (Å²) in [5.74, 6) is 0. The lowest BCUT2D eigenvalue weighted by Gasteiger charge is -2.42. The van der Waals surface area contributed by atoms with Crippen molar-refractivity contribution in [1.82, 2.24) is 9.21 Å². The largest absolute Gasteiger partial charge is 0.301 e. The van der Waals surface area contributed by atoms with Gasteiger partial charge in [0.15, 0.2) is 0 Å². The van der Waals surface area contributed by atoms with Crippen molar-refractivity contribution in [3.63, 3.8) is 0 Å². The fraction of sp³-hybridized carbons (Fsp3) is 1.00. The lowest BCUT2D eigenvalue weighted by atomic mass is 9.86. The molecule has 2 saturated heterocycles. The van der Waals surface area contributed by atoms with Gasteiger partial charge in [-0.05, 0) is 39.3 Å². The van der Waals surface area contributed by atoms with Crippen molar-refractivity contribution >= 4 is 19.9 Å². The SMILES string of the molecule is CN1CCCC12CCN(S(=O)(=O)Cl)CC2. The highest BCUT2D eigenvalue weighted by Gasteiger charge is 2.42. The molecule has 0 aromatic carbocycles. The molecule has 2 fully saturated rings. The van der Waals surface area contributed by atoms with Crippen molar-refractivity contribution in [2.75, 3.05) is 26.7 Å². The normalized spacial score (nSPS) is 28.7. The van der Waals surface area contributed by atoms with E-state index in [9.17, 15) is 8.42 Å². The quantitative estimate of drug-likeness (QED) is 0.655. The van der Waals surface area contributed by atoms with E-state index in [1.165, 1.54) is 17.1 Å². The standard InChI is InChI=1S/C9H17ClN2O2S/c1-11-6-2-3-9(11)4-7-12(8-5-9)15(10,13)14/h2-8H2,1H3. The number of rotatable bonds is 1. The minimum atomic E-state index is -3.50. The minimum absolute atomic E-state index is 0.248. The third-order valence-electron chi connectivity index (χ3n) is 3.91. The van der Waals surface area contributed by atoms with Gasteiger partial charge in [0.25, 0.3) is 9.24 Å². The molecule has 0 N–H and O–H groups in total. The fourth-order valence-corrected chi connectivity index (χ4v) is 3.86. The van der Waals surface area contributed by atoms with Gasteiger partial charge in [-0.15, -0.1) is 0 Å². The summed E-state index contributed by atoms with van der Waals surface area (Å²) in [5.41, 5.74) is 0.248. The van der Waals surface area contributed by atoms with Crippen molar-refractivity contribution in [2.24, 2.45) is 0 Å². The van der Waals surface area contributed by atoms with Crippen molar-refractivity contribution < 1.29 is 8.42 Å². The van der Waals surface area contributed by atoms with Gasteiger partial charge in [-0.3, -0.25) is 0 Å². The van der Waals surface area contributed by atoms with Crippen LogP contribution in [0.15, 0.2) is 0 Å². The van der Waals surface area contributed by atoms with Crippen molar-refractivity contribution in [1.29, 1.82) is 0 Å². The smallest absolute Gasteiger partial charge is 0.299 e. The predicted molar refractivity (Wildman–Crippen MR) is 60.2 cm³/mol. The summed E-state index contributed by atoms with van der Waals surface area (Å²) in [4.78, 5) is 2.38. The Balaban J connectivity index is 2.03. The number of piperidine rings is 1. The van der Waals surface area contributed by atoms with Crippen LogP contribution in [0.5, 0.6) is 0 Å². The van der Waals surface area contributed by atoms with E-state index >= 15 is 0 Å². The molecule has 1 spiro atoms. The van der Waals surface area contributed by atoms with Crippen LogP contribution < -0.4 is 0 Å². The van der Waals surface area contributed by atoms with E-state index in [-0.39, 0.29) is 5.54 Å². The number of hydrogen-bond donors (Lipinski definition) is 0. The second-order valence-corrected chi connectivity index (χ2v) is 7.10. The van der Waals surface area contributed by atoms with Crippen LogP contribution in [0.2, 0.25) is 0 Å². The third kappa shape index (κ3) is 2.16. The van der Waals surface area contributed by atoms with Crippen LogP contribution in [0.25, 0.3) is 0 Å². The van der Waals surface area contributed by atoms with Gasteiger partial charge in [-0.25, -0.2) is 0 Å². The van der Waals surface area contributed by atoms with Gasteiger partial charge in [0, 0.05) is 29.3 Å². The van der Waals surface area contributed by atoms with E-state index in [1.807, 2.05) is 0 Å². The topological polar surface area (TPSA) is 40.6 Å². The Morgan fingerprint density at radius 1 is 1.13 bits per heavy atom. The highest BCUT2D eigenvalue weighted by molar-refractivity contribution is 8.11. The molecule has 15 heavy (non-hydrogen) atoms. The molecule has 0 bridgehead atoms. The van der Waals surface area contributed by atoms with Crippen LogP contribution in [0.3, 0.4) is 0 Å². The Hall–Kier alpha value is 0.160. The average molecular weight is 253 g/mol. The van der Waals surface area contributed by atoms with E-state index < -0.39 is 9.24 Å². The maximum atomic E-state index is 11.1. The highest BCUT2D eigenvalue weighted by Crippen LogP contribution is 2.37. The number of halogens is 1. The van der Waals surface area contributed by atoms with Gasteiger partial charge in [0.2, 0.25) is 0 Å². The summed E-state index contributed by atoms with van der Waals surface area (Å²) in [6, 6.07) is 0. The molecule has 0 aromatic heterocycles. The number of nitrogens with zero attached hydrogens (tertiary/aromatic N) is 2. The third-order valence-corrected chi connectivity index (χ3v) is 5.47. The molecule has 0 amide bonds. The first-order valence-electron chi connectivity index (χ1n) is 5.35. The van der Waals surface area contributed by atoms with Gasteiger partial charge >= 0.3 is 0 Å². The Morgan fingerprint density at radius 3 is 2.13 bits per heavy atom. The summed E-state index contributed by atoms with van der Waals surface area (Å²) < 4.78 is 23.7. The second-order valence-electron chi connectivity index (χ2n) is 4.59. The predicted octanol–water partition coefficient (Wildman–Crippen LogP) is 1.03. The van der Waals surface area contributed by atoms with Crippen LogP contribution in [-0.2, 0) is 9.24 Å². The Bertz CT molecular complexity index is 336. The number of hydrogen-bond acceptors (Lipinski definition) is 3. The van der Waals surface area contributed by atoms with E-state index in [4.69, 9.17) is 10.7 Å². The number of likely N-dealkylation sites (tertiary alicyclic amines) is 1. The summed E-state index contributed by atoms with van der Waals surface area (Å²) >= 11 is 0. The molecule has 0 aromatic rings. The van der Waals surface area contributed by atoms with Crippen LogP contribution >= 0.6 is 10.7 Å². The molecule has 6 heteroatoms. The summed E-state index contributed by atoms with van der Waals surface area (Å²) in [6.45, 7) is 2.26. The molecule has 88 valence electrons. The van der Waals surface area contributed by atoms with Crippen LogP contribution in [0.4, 0.5) is 0 Å². The van der Waals surface area contributed by atoms with E-state index in [2.05, 4.69) is 11.9 Å². The maximum absolute atomic E-state index is 11.1. The summed E-state index contributed by atoms with van der Waals surface area (Å²) in [5, 5.41) is 0. The Labute approximate surface area is 95.7 Å². The molecule has 2 aliphatic heterocycles. The Kier molecular flexibility index (Phi) is 3.01. The second kappa shape index (κ2) is 3.87. The first kappa shape index (κ1) is 11.6. The minimum Gasteiger partial charge on any atom is -0.301 e. The molecule has 2 heterocycles. The van der Waals surface area contributed by atoms with E-state index in [0.29, 0.717) is 13.1 Å². The van der Waals surface area contributed by atoms with Crippen molar-refractivity contribution in [3.8, 4) is 0 Å². The average Bonchev–Trinajstić information content (AvgIpc) is 2.48. The zero-order valence-electron chi connectivity index (χ0n) is 8.95. The lowest BCUT2D eigenvalue weighted by molar-refractivity contribution is 0.102. The van der Waals surface area contributed by atoms with Gasteiger partial charge in [-0.1, -0.05) is 0 Å². The molecule has 0 aliphatic carbocycles. The fourth-order valence-electron chi connectivity index (χ4n) is 2.83. The van der Waals surface area contributed by atoms with E-state index in [0.717, 1.165) is 19.4 Å². The molecule has 0 unspecified atom stereocenters. The van der Waals surface area contributed by atoms with Gasteiger partial charge in [-0.2, -0.15) is 12.7 Å². The molecular weight excluding hydrogens is 236 g/mol. The summed E-state index contributed by atoms with van der Waals surface area (Å²) in [6.07, 6.45) is 4.24. The van der Waals surface area contributed by atoms with Gasteiger partial charge in [0.1, 0.15) is 0 Å². The summed E-state index contributed by atoms with van der Waals surface area (Å²) in [7, 11) is 3.96. The van der Waals surface area contributed by atoms with Crippen molar-refractivity contribution in [3.05, 3.63) is 0 Å². The highest BCUT2D eigenvalue weighted by atomic mass is 35.7. The maximum Gasteiger partial charge on any atom is 0.299 e. The first-order valence-corrected chi connectivity index (χ1v) is 7.62. The first-order chi connectivity index (χ1) is 6.94. The van der Waals surface area contributed by atoms with E-state index in [1.54, 1.807) is 0 Å².